The number of rotatable bonds is 16. The van der Waals surface area contributed by atoms with Crippen LogP contribution < -0.4 is 9.47 Å². The van der Waals surface area contributed by atoms with Crippen molar-refractivity contribution in [1.82, 2.24) is 9.80 Å². The molecule has 0 spiro atoms. The molecule has 2 amide bonds. The van der Waals surface area contributed by atoms with E-state index in [-0.39, 0.29) is 26.2 Å². The molecular weight excluding hydrogens is 733 g/mol. The number of hydrogen-bond donors (Lipinski definition) is 2. The quantitative estimate of drug-likeness (QED) is 0.0993. The maximum absolute atomic E-state index is 14.2. The van der Waals surface area contributed by atoms with Gasteiger partial charge in [0.15, 0.2) is 0 Å². The van der Waals surface area contributed by atoms with Crippen LogP contribution in [0.3, 0.4) is 0 Å². The molecule has 0 aromatic heterocycles. The predicted octanol–water partition coefficient (Wildman–Crippen LogP) is 9.40. The summed E-state index contributed by atoms with van der Waals surface area (Å²) in [6.45, 7) is 4.62. The number of ether oxygens (including phenoxy) is 2. The zero-order valence-electron chi connectivity index (χ0n) is 32.5. The molecule has 1 fully saturated rings. The summed E-state index contributed by atoms with van der Waals surface area (Å²) in [5, 5.41) is 25.2. The highest BCUT2D eigenvalue weighted by atomic mass is 16.5. The van der Waals surface area contributed by atoms with Gasteiger partial charge in [-0.15, -0.1) is 0 Å². The lowest BCUT2D eigenvalue weighted by Gasteiger charge is -2.48. The molecule has 6 aromatic carbocycles. The van der Waals surface area contributed by atoms with E-state index >= 15 is 0 Å². The first-order chi connectivity index (χ1) is 28.1. The Bertz CT molecular complexity index is 2250. The summed E-state index contributed by atoms with van der Waals surface area (Å²) in [6.07, 6.45) is 1.13. The SMILES string of the molecule is CCCN(Cc1ccc(Oc2ccc3ccccc3c2)cc1)C(=O)[C@H]1[C@H](C(=O)O)[C@H](C(=O)N(CCC)Cc2ccc(Oc3ccc4ccccc4c3)cc2)[C@H]1C(=O)O. The van der Waals surface area contributed by atoms with Crippen molar-refractivity contribution in [3.05, 3.63) is 145 Å². The summed E-state index contributed by atoms with van der Waals surface area (Å²) in [5.74, 6) is -7.13. The van der Waals surface area contributed by atoms with E-state index in [1.54, 1.807) is 24.3 Å². The molecule has 0 aliphatic heterocycles. The van der Waals surface area contributed by atoms with E-state index in [4.69, 9.17) is 9.47 Å². The lowest BCUT2D eigenvalue weighted by molar-refractivity contribution is -0.187. The van der Waals surface area contributed by atoms with Crippen molar-refractivity contribution in [1.29, 1.82) is 0 Å². The summed E-state index contributed by atoms with van der Waals surface area (Å²) in [5.41, 5.74) is 1.53. The summed E-state index contributed by atoms with van der Waals surface area (Å²) < 4.78 is 12.2. The van der Waals surface area contributed by atoms with Crippen LogP contribution in [0.5, 0.6) is 23.0 Å². The molecule has 1 aliphatic rings. The minimum Gasteiger partial charge on any atom is -0.481 e. The van der Waals surface area contributed by atoms with Gasteiger partial charge in [0.25, 0.3) is 0 Å². The maximum Gasteiger partial charge on any atom is 0.308 e. The fourth-order valence-corrected chi connectivity index (χ4v) is 7.97. The number of carbonyl (C=O) groups excluding carboxylic acids is 2. The van der Waals surface area contributed by atoms with Crippen LogP contribution in [0.25, 0.3) is 21.5 Å². The highest BCUT2D eigenvalue weighted by Crippen LogP contribution is 2.49. The molecule has 1 aliphatic carbocycles. The van der Waals surface area contributed by atoms with E-state index in [0.717, 1.165) is 32.7 Å². The van der Waals surface area contributed by atoms with Crippen LogP contribution in [-0.2, 0) is 32.3 Å². The first kappa shape index (κ1) is 39.6. The first-order valence-electron chi connectivity index (χ1n) is 19.7. The van der Waals surface area contributed by atoms with Gasteiger partial charge in [-0.25, -0.2) is 0 Å². The van der Waals surface area contributed by atoms with E-state index in [2.05, 4.69) is 0 Å². The number of carboxylic acids is 2. The van der Waals surface area contributed by atoms with Crippen LogP contribution in [0, 0.1) is 23.7 Å². The number of carbonyl (C=O) groups is 4. The van der Waals surface area contributed by atoms with Gasteiger partial charge in [0.1, 0.15) is 23.0 Å². The molecule has 0 radical (unpaired) electrons. The number of fused-ring (bicyclic) bond motifs is 2. The molecule has 7 rings (SSSR count). The summed E-state index contributed by atoms with van der Waals surface area (Å²) >= 11 is 0. The zero-order valence-corrected chi connectivity index (χ0v) is 32.5. The molecule has 0 heterocycles. The Labute approximate surface area is 337 Å². The minimum absolute atomic E-state index is 0.138. The van der Waals surface area contributed by atoms with Gasteiger partial charge in [0.2, 0.25) is 11.8 Å². The second-order valence-electron chi connectivity index (χ2n) is 14.8. The van der Waals surface area contributed by atoms with Crippen LogP contribution in [0.15, 0.2) is 133 Å². The Hall–Kier alpha value is -6.68. The van der Waals surface area contributed by atoms with Gasteiger partial charge in [0.05, 0.1) is 23.7 Å². The summed E-state index contributed by atoms with van der Waals surface area (Å²) in [4.78, 5) is 57.0. The third-order valence-electron chi connectivity index (χ3n) is 10.8. The van der Waals surface area contributed by atoms with Crippen molar-refractivity contribution in [2.75, 3.05) is 13.1 Å². The van der Waals surface area contributed by atoms with Crippen molar-refractivity contribution in [2.45, 2.75) is 39.8 Å². The lowest BCUT2D eigenvalue weighted by Crippen LogP contribution is -2.64. The van der Waals surface area contributed by atoms with Crippen LogP contribution in [0.4, 0.5) is 0 Å². The van der Waals surface area contributed by atoms with Crippen molar-refractivity contribution < 1.29 is 38.9 Å². The summed E-state index contributed by atoms with van der Waals surface area (Å²) in [7, 11) is 0. The highest BCUT2D eigenvalue weighted by Gasteiger charge is 2.64. The van der Waals surface area contributed by atoms with Crippen LogP contribution >= 0.6 is 0 Å². The smallest absolute Gasteiger partial charge is 0.308 e. The number of nitrogens with zero attached hydrogens (tertiary/aromatic N) is 2. The normalized spacial score (nSPS) is 17.3. The Balaban J connectivity index is 1.03. The van der Waals surface area contributed by atoms with Gasteiger partial charge >= 0.3 is 11.9 Å². The van der Waals surface area contributed by atoms with E-state index in [1.807, 2.05) is 123 Å². The van der Waals surface area contributed by atoms with Crippen molar-refractivity contribution in [2.24, 2.45) is 23.7 Å². The molecule has 2 N–H and O–H groups in total. The van der Waals surface area contributed by atoms with Crippen molar-refractivity contribution in [3.8, 4) is 23.0 Å². The number of carboxylic acid groups (broad SMARTS) is 2. The average Bonchev–Trinajstić information content (AvgIpc) is 3.21. The lowest BCUT2D eigenvalue weighted by atomic mass is 9.55. The Morgan fingerprint density at radius 1 is 0.466 bits per heavy atom. The van der Waals surface area contributed by atoms with E-state index in [1.165, 1.54) is 9.80 Å². The second kappa shape index (κ2) is 17.6. The zero-order chi connectivity index (χ0) is 40.8. The number of amides is 2. The maximum atomic E-state index is 14.2. The number of hydrogen-bond acceptors (Lipinski definition) is 6. The fourth-order valence-electron chi connectivity index (χ4n) is 7.97. The third-order valence-corrected chi connectivity index (χ3v) is 10.8. The molecule has 6 aromatic rings. The van der Waals surface area contributed by atoms with Gasteiger partial charge in [-0.2, -0.15) is 0 Å². The van der Waals surface area contributed by atoms with Crippen LogP contribution in [0.1, 0.15) is 37.8 Å². The first-order valence-corrected chi connectivity index (χ1v) is 19.7. The Morgan fingerprint density at radius 2 is 0.810 bits per heavy atom. The molecule has 1 saturated carbocycles. The highest BCUT2D eigenvalue weighted by molar-refractivity contribution is 5.99. The third kappa shape index (κ3) is 8.66. The average molecular weight is 779 g/mol. The van der Waals surface area contributed by atoms with Crippen molar-refractivity contribution in [3.63, 3.8) is 0 Å². The number of aliphatic carboxylic acids is 2. The largest absolute Gasteiger partial charge is 0.481 e. The van der Waals surface area contributed by atoms with Crippen LogP contribution in [0.2, 0.25) is 0 Å². The van der Waals surface area contributed by atoms with Crippen molar-refractivity contribution >= 4 is 45.3 Å². The Morgan fingerprint density at radius 3 is 1.16 bits per heavy atom. The molecular formula is C48H46N2O8. The Kier molecular flexibility index (Phi) is 12.0. The topological polar surface area (TPSA) is 134 Å². The van der Waals surface area contributed by atoms with Crippen LogP contribution in [-0.4, -0.2) is 56.9 Å². The second-order valence-corrected chi connectivity index (χ2v) is 14.8. The minimum atomic E-state index is -1.49. The van der Waals surface area contributed by atoms with E-state index in [0.29, 0.717) is 35.8 Å². The molecule has 0 bridgehead atoms. The fraction of sp³-hybridized carbons (Fsp3) is 0.250. The van der Waals surface area contributed by atoms with Gasteiger partial charge in [0, 0.05) is 26.2 Å². The van der Waals surface area contributed by atoms with E-state index in [9.17, 15) is 29.4 Å². The van der Waals surface area contributed by atoms with Gasteiger partial charge in [-0.05, 0) is 94.0 Å². The molecule has 0 atom stereocenters. The summed E-state index contributed by atoms with van der Waals surface area (Å²) in [6, 6.07) is 42.2. The van der Waals surface area contributed by atoms with Gasteiger partial charge < -0.3 is 29.5 Å². The molecule has 58 heavy (non-hydrogen) atoms. The monoisotopic (exact) mass is 778 g/mol. The molecule has 10 nitrogen and oxygen atoms in total. The number of benzene rings is 6. The van der Waals surface area contributed by atoms with E-state index < -0.39 is 47.4 Å². The van der Waals surface area contributed by atoms with Gasteiger partial charge in [-0.3, -0.25) is 19.2 Å². The molecule has 10 heteroatoms. The predicted molar refractivity (Wildman–Crippen MR) is 222 cm³/mol. The standard InChI is InChI=1S/C48H46N2O8/c1-3-25-49(29-31-13-19-37(20-14-31)57-39-23-17-33-9-5-7-11-35(33)27-39)45(51)41-43(47(53)54)42(44(41)48(55)56)46(52)50(26-4-2)30-32-15-21-38(22-16-32)58-40-24-18-34-10-6-8-12-36(34)28-40/h5-24,27-28,41-44H,3-4,25-26,29-30H2,1-2H3,(H,53,54)(H,55,56)/t41-,42-,43-,44-. The molecule has 0 unspecified atom stereocenters. The van der Waals surface area contributed by atoms with Gasteiger partial charge in [-0.1, -0.05) is 98.8 Å². The molecule has 0 saturated heterocycles. The molecule has 296 valence electrons.